The Bertz CT molecular complexity index is 9460. The second-order valence-corrected chi connectivity index (χ2v) is 33.8. The van der Waals surface area contributed by atoms with Gasteiger partial charge in [0.05, 0.1) is 38.6 Å². The lowest BCUT2D eigenvalue weighted by atomic mass is 9.98. The number of hydrogen-bond donors (Lipinski definition) is 3. The second-order valence-electron chi connectivity index (χ2n) is 32.9. The third-order valence-electron chi connectivity index (χ3n) is 25.9. The van der Waals surface area contributed by atoms with E-state index >= 15 is 0 Å². The van der Waals surface area contributed by atoms with Crippen molar-refractivity contribution in [3.05, 3.63) is 429 Å². The fourth-order valence-corrected chi connectivity index (χ4v) is 20.6. The van der Waals surface area contributed by atoms with Gasteiger partial charge in [0.1, 0.15) is 6.07 Å². The van der Waals surface area contributed by atoms with E-state index in [1.54, 1.807) is 0 Å². The van der Waals surface area contributed by atoms with Crippen LogP contribution in [0.3, 0.4) is 0 Å². The molecule has 0 bridgehead atoms. The van der Waals surface area contributed by atoms with Crippen molar-refractivity contribution in [1.82, 2.24) is 38.6 Å². The molecule has 127 heavy (non-hydrogen) atoms. The summed E-state index contributed by atoms with van der Waals surface area (Å²) in [6.07, 6.45) is 0. The van der Waals surface area contributed by atoms with E-state index in [-0.39, 0.29) is 0 Å². The Kier molecular flexibility index (Phi) is 17.0. The number of nitriles is 1. The van der Waals surface area contributed by atoms with Crippen molar-refractivity contribution >= 4 is 222 Å². The van der Waals surface area contributed by atoms with Crippen molar-refractivity contribution in [2.75, 3.05) is 0 Å². The maximum absolute atomic E-state index is 10.1. The molecule has 7 aromatic heterocycles. The van der Waals surface area contributed by atoms with Crippen LogP contribution in [0.2, 0.25) is 0 Å². The first-order chi connectivity index (χ1) is 62.8. The van der Waals surface area contributed by atoms with Gasteiger partial charge in [0.15, 0.2) is 5.69 Å². The lowest BCUT2D eigenvalue weighted by molar-refractivity contribution is 1.00. The number of fused-ring (bicyclic) bond motifs is 31. The molecule has 9 nitrogen and oxygen atoms in total. The average Bonchev–Trinajstić information content (AvgIpc) is 1.57. The number of nitrogens with zero attached hydrogens (tertiary/aromatic N) is 6. The molecule has 0 saturated heterocycles. The van der Waals surface area contributed by atoms with Crippen LogP contribution in [-0.4, -0.2) is 38.6 Å². The van der Waals surface area contributed by atoms with Crippen LogP contribution in [0.1, 0.15) is 5.69 Å². The standard InChI is InChI=1S/C47H27N5.C38H24N2.C16H10BrN.C16H11N/c48-28-40-36-16-8-9-17-39(36)49-47(50-40)52-41-23-21-31(26-38(41)46-35-15-7-5-11-30(35)20-25-43(46)52)32-18-22-37-44(27-32)51(33-12-2-1-3-13-33)42-24-19-29-10-4-6-14-34(29)45(37)42;1-2-10-28(11-3-1)40-35-21-17-25-9-5-7-13-30(25)38(35)31-18-14-27(23-36(31)40)26-16-19-33-32(22-26)37-29-12-6-4-8-24(29)15-20-34(37)39-33;17-11-6-8-14-13(9-11)16-12-4-2-1-3-10(12)5-7-15(16)18-14;1-2-6-12-11(5-1)9-10-15-16(12)13-7-3-4-8-14(13)17-15/h1-27H;1-23,39H;1-9,18H;1-10,17H. The maximum atomic E-state index is 10.1. The molecule has 28 aromatic rings. The summed E-state index contributed by atoms with van der Waals surface area (Å²) in [4.78, 5) is 20.4. The molecule has 0 aliphatic carbocycles. The minimum Gasteiger partial charge on any atom is -0.354 e. The van der Waals surface area contributed by atoms with E-state index in [0.717, 1.165) is 70.3 Å². The van der Waals surface area contributed by atoms with Gasteiger partial charge in [0.25, 0.3) is 0 Å². The van der Waals surface area contributed by atoms with E-state index in [1.165, 1.54) is 174 Å². The summed E-state index contributed by atoms with van der Waals surface area (Å²) >= 11 is 3.55. The Morgan fingerprint density at radius 1 is 0.220 bits per heavy atom. The van der Waals surface area contributed by atoms with Gasteiger partial charge in [0.2, 0.25) is 5.95 Å². The number of aromatic nitrogens is 8. The van der Waals surface area contributed by atoms with E-state index in [4.69, 9.17) is 9.97 Å². The van der Waals surface area contributed by atoms with Gasteiger partial charge in [-0.3, -0.25) is 4.57 Å². The van der Waals surface area contributed by atoms with Crippen LogP contribution in [0.25, 0.3) is 246 Å². The van der Waals surface area contributed by atoms with E-state index in [0.29, 0.717) is 11.6 Å². The molecule has 0 aliphatic rings. The molecule has 0 spiro atoms. The van der Waals surface area contributed by atoms with Gasteiger partial charge < -0.3 is 24.1 Å². The summed E-state index contributed by atoms with van der Waals surface area (Å²) in [6, 6.07) is 151. The largest absolute Gasteiger partial charge is 0.354 e. The molecule has 0 radical (unpaired) electrons. The predicted molar refractivity (Wildman–Crippen MR) is 538 cm³/mol. The molecule has 21 aromatic carbocycles. The summed E-state index contributed by atoms with van der Waals surface area (Å²) in [5, 5.41) is 41.1. The molecule has 0 amide bonds. The Morgan fingerprint density at radius 2 is 0.551 bits per heavy atom. The molecule has 0 saturated carbocycles. The highest BCUT2D eigenvalue weighted by Crippen LogP contribution is 2.46. The zero-order chi connectivity index (χ0) is 83.9. The number of para-hydroxylation sites is 4. The number of benzene rings is 21. The Labute approximate surface area is 735 Å². The summed E-state index contributed by atoms with van der Waals surface area (Å²) in [6.45, 7) is 0. The van der Waals surface area contributed by atoms with E-state index < -0.39 is 0 Å². The average molecular weight is 1680 g/mol. The Balaban J connectivity index is 0.000000102. The zero-order valence-electron chi connectivity index (χ0n) is 68.4. The van der Waals surface area contributed by atoms with Crippen LogP contribution in [0.4, 0.5) is 0 Å². The zero-order valence-corrected chi connectivity index (χ0v) is 70.0. The first-order valence-corrected chi connectivity index (χ1v) is 43.7. The van der Waals surface area contributed by atoms with Crippen LogP contribution in [-0.2, 0) is 0 Å². The molecule has 0 unspecified atom stereocenters. The minimum absolute atomic E-state index is 0.364. The highest BCUT2D eigenvalue weighted by Gasteiger charge is 2.24. The quantitative estimate of drug-likeness (QED) is 0.160. The first kappa shape index (κ1) is 73.0. The summed E-state index contributed by atoms with van der Waals surface area (Å²) < 4.78 is 8.03. The topological polar surface area (TPSA) is 112 Å². The van der Waals surface area contributed by atoms with Crippen molar-refractivity contribution in [2.24, 2.45) is 0 Å². The first-order valence-electron chi connectivity index (χ1n) is 42.9. The van der Waals surface area contributed by atoms with Gasteiger partial charge in [-0.05, 0) is 220 Å². The van der Waals surface area contributed by atoms with Gasteiger partial charge in [-0.15, -0.1) is 0 Å². The fraction of sp³-hybridized carbons (Fsp3) is 0. The minimum atomic E-state index is 0.364. The Morgan fingerprint density at radius 3 is 1.03 bits per heavy atom. The molecule has 7 heterocycles. The van der Waals surface area contributed by atoms with Crippen molar-refractivity contribution in [2.45, 2.75) is 0 Å². The van der Waals surface area contributed by atoms with Crippen molar-refractivity contribution < 1.29 is 0 Å². The molecule has 10 heteroatoms. The van der Waals surface area contributed by atoms with Gasteiger partial charge in [-0.25, -0.2) is 9.97 Å². The van der Waals surface area contributed by atoms with Crippen LogP contribution in [0.15, 0.2) is 423 Å². The fourth-order valence-electron chi connectivity index (χ4n) is 20.2. The molecular formula is C117H72BrN9. The van der Waals surface area contributed by atoms with Crippen molar-refractivity contribution in [3.8, 4) is 45.6 Å². The van der Waals surface area contributed by atoms with Crippen molar-refractivity contribution in [1.29, 1.82) is 5.26 Å². The number of nitrogens with one attached hydrogen (secondary N) is 3. The second kappa shape index (κ2) is 29.5. The van der Waals surface area contributed by atoms with E-state index in [9.17, 15) is 5.26 Å². The SMILES string of the molecule is Brc1ccc2[nH]c3ccc4ccccc4c3c2c1.N#Cc1nc(-n2c3ccc(-c4ccc5c6c7ccccc7ccc6n(-c6ccccc6)c5c4)cc3c3c4ccccc4ccc32)nc2ccccc12.c1ccc(-n2c3cc(-c4ccc5[nH]c6ccc7ccccc7c6c5c4)ccc3c3c4ccccc4ccc32)cc1.c1ccc2c(c1)ccc1[nH]c3ccccc3c12. The third-order valence-corrected chi connectivity index (χ3v) is 26.4. The molecule has 0 atom stereocenters. The normalized spacial score (nSPS) is 11.8. The smallest absolute Gasteiger partial charge is 0.236 e. The lowest BCUT2D eigenvalue weighted by Gasteiger charge is -2.10. The molecule has 0 aliphatic heterocycles. The highest BCUT2D eigenvalue weighted by atomic mass is 79.9. The predicted octanol–water partition coefficient (Wildman–Crippen LogP) is 31.8. The van der Waals surface area contributed by atoms with Crippen molar-refractivity contribution in [3.63, 3.8) is 0 Å². The monoisotopic (exact) mass is 1680 g/mol. The molecule has 0 fully saturated rings. The third kappa shape index (κ3) is 12.0. The summed E-state index contributed by atoms with van der Waals surface area (Å²) in [5.41, 5.74) is 22.0. The molecule has 592 valence electrons. The van der Waals surface area contributed by atoms with E-state index in [1.807, 2.05) is 24.3 Å². The number of rotatable bonds is 5. The summed E-state index contributed by atoms with van der Waals surface area (Å²) in [7, 11) is 0. The number of aromatic amines is 3. The number of halogens is 1. The lowest BCUT2D eigenvalue weighted by Crippen LogP contribution is -2.03. The highest BCUT2D eigenvalue weighted by molar-refractivity contribution is 9.10. The summed E-state index contributed by atoms with van der Waals surface area (Å²) in [5.74, 6) is 0.485. The molecular weight excluding hydrogens is 1610 g/mol. The van der Waals surface area contributed by atoms with E-state index in [2.05, 4.69) is 445 Å². The number of H-pyrrole nitrogens is 3. The van der Waals surface area contributed by atoms with Gasteiger partial charge in [-0.1, -0.05) is 301 Å². The Hall–Kier alpha value is -16.7. The van der Waals surface area contributed by atoms with Gasteiger partial charge >= 0.3 is 0 Å². The van der Waals surface area contributed by atoms with Crippen LogP contribution < -0.4 is 0 Å². The van der Waals surface area contributed by atoms with Gasteiger partial charge in [0, 0.05) is 119 Å². The maximum Gasteiger partial charge on any atom is 0.236 e. The molecule has 3 N–H and O–H groups in total. The van der Waals surface area contributed by atoms with Crippen LogP contribution >= 0.6 is 15.9 Å². The number of hydrogen-bond acceptors (Lipinski definition) is 3. The van der Waals surface area contributed by atoms with Gasteiger partial charge in [-0.2, -0.15) is 5.26 Å². The van der Waals surface area contributed by atoms with Crippen LogP contribution in [0.5, 0.6) is 0 Å². The van der Waals surface area contributed by atoms with Crippen LogP contribution in [0, 0.1) is 11.3 Å². The molecule has 28 rings (SSSR count).